The zero-order valence-corrected chi connectivity index (χ0v) is 9.18. The van der Waals surface area contributed by atoms with E-state index in [1.54, 1.807) is 18.2 Å². The number of carbonyl (C=O) groups excluding carboxylic acids is 1. The third kappa shape index (κ3) is 0.982. The SMILES string of the molecule is O=C1c2c[n+]([O-])ccc2-c2n[nH]c3cccc1c23. The Kier molecular flexibility index (Phi) is 1.53. The molecule has 5 nitrogen and oxygen atoms in total. The Morgan fingerprint density at radius 3 is 2.94 bits per heavy atom. The number of ketones is 1. The maximum absolute atomic E-state index is 12.4. The topological polar surface area (TPSA) is 72.7 Å². The highest BCUT2D eigenvalue weighted by Gasteiger charge is 2.29. The average molecular weight is 237 g/mol. The van der Waals surface area contributed by atoms with E-state index in [2.05, 4.69) is 10.2 Å². The van der Waals surface area contributed by atoms with Gasteiger partial charge in [0.1, 0.15) is 5.69 Å². The minimum absolute atomic E-state index is 0.130. The van der Waals surface area contributed by atoms with Gasteiger partial charge in [-0.15, -0.1) is 0 Å². The molecular weight excluding hydrogens is 230 g/mol. The predicted octanol–water partition coefficient (Wildman–Crippen LogP) is 1.41. The third-order valence-electron chi connectivity index (χ3n) is 3.27. The predicted molar refractivity (Wildman–Crippen MR) is 63.9 cm³/mol. The van der Waals surface area contributed by atoms with Crippen LogP contribution >= 0.6 is 0 Å². The highest BCUT2D eigenvalue weighted by atomic mass is 16.5. The Bertz CT molecular complexity index is 820. The van der Waals surface area contributed by atoms with Gasteiger partial charge in [0, 0.05) is 22.6 Å². The van der Waals surface area contributed by atoms with Gasteiger partial charge in [-0.3, -0.25) is 9.89 Å². The number of fused-ring (bicyclic) bond motifs is 2. The van der Waals surface area contributed by atoms with Crippen LogP contribution in [0.15, 0.2) is 36.7 Å². The molecule has 0 atom stereocenters. The molecule has 0 aliphatic heterocycles. The molecule has 5 heteroatoms. The molecular formula is C13H7N3O2. The summed E-state index contributed by atoms with van der Waals surface area (Å²) in [5.74, 6) is -0.130. The summed E-state index contributed by atoms with van der Waals surface area (Å²) in [5.41, 5.74) is 3.27. The molecule has 0 spiro atoms. The molecule has 2 heterocycles. The average Bonchev–Trinajstić information content (AvgIpc) is 2.81. The second-order valence-corrected chi connectivity index (χ2v) is 4.26. The van der Waals surface area contributed by atoms with Gasteiger partial charge in [-0.25, -0.2) is 0 Å². The summed E-state index contributed by atoms with van der Waals surface area (Å²) in [6.45, 7) is 0. The first kappa shape index (κ1) is 9.35. The first-order valence-corrected chi connectivity index (χ1v) is 5.51. The molecule has 18 heavy (non-hydrogen) atoms. The number of rotatable bonds is 0. The van der Waals surface area contributed by atoms with E-state index in [-0.39, 0.29) is 5.78 Å². The number of H-pyrrole nitrogens is 1. The molecule has 3 aromatic rings. The van der Waals surface area contributed by atoms with Gasteiger partial charge < -0.3 is 5.21 Å². The first-order chi connectivity index (χ1) is 8.75. The fourth-order valence-corrected chi connectivity index (χ4v) is 2.47. The van der Waals surface area contributed by atoms with Crippen molar-refractivity contribution in [2.24, 2.45) is 0 Å². The van der Waals surface area contributed by atoms with Crippen LogP contribution in [-0.4, -0.2) is 16.0 Å². The number of carbonyl (C=O) groups is 1. The summed E-state index contributed by atoms with van der Waals surface area (Å²) in [5, 5.41) is 19.3. The lowest BCUT2D eigenvalue weighted by atomic mass is 9.89. The van der Waals surface area contributed by atoms with Crippen LogP contribution in [0.3, 0.4) is 0 Å². The van der Waals surface area contributed by atoms with Gasteiger partial charge in [0.15, 0.2) is 12.4 Å². The van der Waals surface area contributed by atoms with Crippen LogP contribution in [-0.2, 0) is 0 Å². The van der Waals surface area contributed by atoms with Crippen molar-refractivity contribution in [3.8, 4) is 11.3 Å². The van der Waals surface area contributed by atoms with Gasteiger partial charge in [0.2, 0.25) is 5.78 Å². The molecule has 1 N–H and O–H groups in total. The third-order valence-corrected chi connectivity index (χ3v) is 3.27. The highest BCUT2D eigenvalue weighted by molar-refractivity contribution is 6.24. The largest absolute Gasteiger partial charge is 0.619 e. The fourth-order valence-electron chi connectivity index (χ4n) is 2.47. The Hall–Kier alpha value is -2.69. The van der Waals surface area contributed by atoms with Gasteiger partial charge in [-0.05, 0) is 6.07 Å². The zero-order chi connectivity index (χ0) is 12.3. The molecule has 0 saturated carbocycles. The second kappa shape index (κ2) is 2.95. The monoisotopic (exact) mass is 237 g/mol. The van der Waals surface area contributed by atoms with Crippen LogP contribution in [0.1, 0.15) is 15.9 Å². The highest BCUT2D eigenvalue weighted by Crippen LogP contribution is 2.36. The Balaban J connectivity index is 2.22. The van der Waals surface area contributed by atoms with Crippen LogP contribution in [0.4, 0.5) is 0 Å². The number of pyridine rings is 1. The summed E-state index contributed by atoms with van der Waals surface area (Å²) in [4.78, 5) is 12.4. The molecule has 2 aromatic heterocycles. The van der Waals surface area contributed by atoms with Crippen LogP contribution < -0.4 is 4.73 Å². The molecule has 4 rings (SSSR count). The molecule has 0 saturated heterocycles. The molecule has 0 fully saturated rings. The van der Waals surface area contributed by atoms with Crippen molar-refractivity contribution in [3.63, 3.8) is 0 Å². The molecule has 1 aromatic carbocycles. The summed E-state index contributed by atoms with van der Waals surface area (Å²) in [6.07, 6.45) is 2.68. The quantitative estimate of drug-likeness (QED) is 0.371. The smallest absolute Gasteiger partial charge is 0.200 e. The normalized spacial score (nSPS) is 12.8. The van der Waals surface area contributed by atoms with Crippen molar-refractivity contribution < 1.29 is 9.52 Å². The lowest BCUT2D eigenvalue weighted by molar-refractivity contribution is -0.605. The summed E-state index contributed by atoms with van der Waals surface area (Å²) >= 11 is 0. The Labute approximate surface area is 101 Å². The van der Waals surface area contributed by atoms with E-state index in [9.17, 15) is 10.0 Å². The van der Waals surface area contributed by atoms with Crippen LogP contribution in [0.2, 0.25) is 0 Å². The van der Waals surface area contributed by atoms with Gasteiger partial charge >= 0.3 is 0 Å². The number of hydrogen-bond donors (Lipinski definition) is 1. The lowest BCUT2D eigenvalue weighted by Gasteiger charge is -2.13. The fraction of sp³-hybridized carbons (Fsp3) is 0. The standard InChI is InChI=1S/C13H7N3O2/c17-13-8-2-1-3-10-11(8)12(15-14-10)7-4-5-16(18)6-9(7)13/h1-6H,(H,14,15). The van der Waals surface area contributed by atoms with Gasteiger partial charge in [0.25, 0.3) is 0 Å². The Morgan fingerprint density at radius 2 is 2.06 bits per heavy atom. The number of benzene rings is 1. The first-order valence-electron chi connectivity index (χ1n) is 5.51. The molecule has 0 amide bonds. The maximum atomic E-state index is 12.4. The minimum Gasteiger partial charge on any atom is -0.619 e. The zero-order valence-electron chi connectivity index (χ0n) is 9.18. The van der Waals surface area contributed by atoms with Crippen molar-refractivity contribution >= 4 is 16.7 Å². The summed E-state index contributed by atoms with van der Waals surface area (Å²) in [6, 6.07) is 7.07. The van der Waals surface area contributed by atoms with Gasteiger partial charge in [0.05, 0.1) is 11.1 Å². The lowest BCUT2D eigenvalue weighted by Crippen LogP contribution is -2.27. The molecule has 0 bridgehead atoms. The van der Waals surface area contributed by atoms with Crippen LogP contribution in [0, 0.1) is 5.21 Å². The number of aromatic amines is 1. The van der Waals surface area contributed by atoms with Gasteiger partial charge in [-0.1, -0.05) is 12.1 Å². The van der Waals surface area contributed by atoms with E-state index in [1.807, 2.05) is 6.07 Å². The van der Waals surface area contributed by atoms with Crippen molar-refractivity contribution in [2.45, 2.75) is 0 Å². The number of hydrogen-bond acceptors (Lipinski definition) is 3. The summed E-state index contributed by atoms with van der Waals surface area (Å²) in [7, 11) is 0. The number of nitrogens with zero attached hydrogens (tertiary/aromatic N) is 2. The van der Waals surface area contributed by atoms with E-state index in [0.29, 0.717) is 21.4 Å². The minimum atomic E-state index is -0.130. The van der Waals surface area contributed by atoms with Crippen molar-refractivity contribution in [1.82, 2.24) is 10.2 Å². The van der Waals surface area contributed by atoms with E-state index >= 15 is 0 Å². The summed E-state index contributed by atoms with van der Waals surface area (Å²) < 4.78 is 0.633. The molecule has 0 unspecified atom stereocenters. The number of nitrogens with one attached hydrogen (secondary N) is 1. The van der Waals surface area contributed by atoms with E-state index < -0.39 is 0 Å². The van der Waals surface area contributed by atoms with Crippen LogP contribution in [0.5, 0.6) is 0 Å². The van der Waals surface area contributed by atoms with Crippen LogP contribution in [0.25, 0.3) is 22.2 Å². The molecule has 86 valence electrons. The van der Waals surface area contributed by atoms with Crippen molar-refractivity contribution in [3.05, 3.63) is 53.0 Å². The van der Waals surface area contributed by atoms with Crippen molar-refractivity contribution in [2.75, 3.05) is 0 Å². The molecule has 1 aliphatic carbocycles. The number of aromatic nitrogens is 3. The second-order valence-electron chi connectivity index (χ2n) is 4.26. The van der Waals surface area contributed by atoms with Crippen molar-refractivity contribution in [1.29, 1.82) is 0 Å². The van der Waals surface area contributed by atoms with E-state index in [1.165, 1.54) is 12.4 Å². The van der Waals surface area contributed by atoms with Gasteiger partial charge in [-0.2, -0.15) is 9.83 Å². The van der Waals surface area contributed by atoms with E-state index in [4.69, 9.17) is 0 Å². The van der Waals surface area contributed by atoms with E-state index in [0.717, 1.165) is 16.6 Å². The molecule has 1 aliphatic rings. The Morgan fingerprint density at radius 1 is 1.17 bits per heavy atom. The molecule has 0 radical (unpaired) electrons. The maximum Gasteiger partial charge on any atom is 0.200 e.